The Morgan fingerprint density at radius 3 is 2.64 bits per heavy atom. The molecule has 1 aliphatic heterocycles. The fourth-order valence-electron chi connectivity index (χ4n) is 1.45. The molecule has 0 aromatic carbocycles. The molecule has 0 aromatic heterocycles. The van der Waals surface area contributed by atoms with E-state index in [1.807, 2.05) is 20.8 Å². The molecule has 3 heteroatoms. The maximum atomic E-state index is 10.8. The van der Waals surface area contributed by atoms with Gasteiger partial charge in [0.15, 0.2) is 0 Å². The smallest absolute Gasteiger partial charge is 0.408 e. The van der Waals surface area contributed by atoms with Crippen LogP contribution < -0.4 is 0 Å². The third-order valence-electron chi connectivity index (χ3n) is 2.11. The Labute approximate surface area is 85.1 Å². The molecule has 0 radical (unpaired) electrons. The predicted molar refractivity (Wildman–Crippen MR) is 55.0 cm³/mol. The number of rotatable bonds is 0. The summed E-state index contributed by atoms with van der Waals surface area (Å²) in [5.41, 5.74) is -0.0488. The second-order valence-electron chi connectivity index (χ2n) is 4.65. The van der Waals surface area contributed by atoms with Crippen molar-refractivity contribution in [3.63, 3.8) is 0 Å². The summed E-state index contributed by atoms with van der Waals surface area (Å²) in [6.07, 6.45) is 0.946. The Kier molecular flexibility index (Phi) is 3.05. The number of likely N-dealkylation sites (tertiary alicyclic amines) is 1. The van der Waals surface area contributed by atoms with Crippen molar-refractivity contribution in [3.05, 3.63) is 0 Å². The van der Waals surface area contributed by atoms with Gasteiger partial charge in [0, 0.05) is 12.0 Å². The first-order valence-electron chi connectivity index (χ1n) is 4.92. The van der Waals surface area contributed by atoms with Crippen molar-refractivity contribution in [1.82, 2.24) is 4.90 Å². The predicted octanol–water partition coefficient (Wildman–Crippen LogP) is 2.18. The van der Waals surface area contributed by atoms with Gasteiger partial charge in [-0.05, 0) is 33.6 Å². The van der Waals surface area contributed by atoms with Gasteiger partial charge in [0.2, 0.25) is 0 Å². The molecule has 1 heterocycles. The Balaban J connectivity index is 2.67. The van der Waals surface area contributed by atoms with Gasteiger partial charge in [-0.15, -0.1) is 0 Å². The Morgan fingerprint density at radius 2 is 2.14 bits per heavy atom. The van der Waals surface area contributed by atoms with Gasteiger partial charge in [-0.25, -0.2) is 4.79 Å². The van der Waals surface area contributed by atoms with Gasteiger partial charge < -0.3 is 5.11 Å². The van der Waals surface area contributed by atoms with Crippen LogP contribution in [0, 0.1) is 17.3 Å². The number of hydrogen-bond donors (Lipinski definition) is 1. The van der Waals surface area contributed by atoms with Gasteiger partial charge in [0.25, 0.3) is 0 Å². The molecule has 3 nitrogen and oxygen atoms in total. The van der Waals surface area contributed by atoms with E-state index in [-0.39, 0.29) is 11.5 Å². The van der Waals surface area contributed by atoms with E-state index in [1.54, 1.807) is 0 Å². The first-order chi connectivity index (χ1) is 6.40. The van der Waals surface area contributed by atoms with Crippen LogP contribution in [-0.2, 0) is 0 Å². The van der Waals surface area contributed by atoms with E-state index in [0.717, 1.165) is 12.8 Å². The van der Waals surface area contributed by atoms with Crippen LogP contribution in [0.25, 0.3) is 0 Å². The van der Waals surface area contributed by atoms with E-state index in [0.29, 0.717) is 6.54 Å². The number of amides is 1. The van der Waals surface area contributed by atoms with Crippen molar-refractivity contribution in [2.24, 2.45) is 5.41 Å². The minimum Gasteiger partial charge on any atom is -0.465 e. The summed E-state index contributed by atoms with van der Waals surface area (Å²) in [5.74, 6) is 6.14. The first-order valence-corrected chi connectivity index (χ1v) is 4.92. The van der Waals surface area contributed by atoms with E-state index >= 15 is 0 Å². The summed E-state index contributed by atoms with van der Waals surface area (Å²) in [5, 5.41) is 8.87. The van der Waals surface area contributed by atoms with Crippen molar-refractivity contribution < 1.29 is 9.90 Å². The lowest BCUT2D eigenvalue weighted by molar-refractivity contribution is 0.148. The molecular formula is C11H17NO2. The van der Waals surface area contributed by atoms with Crippen molar-refractivity contribution in [3.8, 4) is 11.8 Å². The highest BCUT2D eigenvalue weighted by Gasteiger charge is 2.26. The van der Waals surface area contributed by atoms with Crippen LogP contribution >= 0.6 is 0 Å². The summed E-state index contributed by atoms with van der Waals surface area (Å²) in [4.78, 5) is 12.2. The minimum atomic E-state index is -0.851. The van der Waals surface area contributed by atoms with Crippen LogP contribution in [0.2, 0.25) is 0 Å². The van der Waals surface area contributed by atoms with Crippen LogP contribution in [-0.4, -0.2) is 28.7 Å². The van der Waals surface area contributed by atoms with Crippen molar-refractivity contribution in [2.75, 3.05) is 6.54 Å². The third-order valence-corrected chi connectivity index (χ3v) is 2.11. The van der Waals surface area contributed by atoms with E-state index in [9.17, 15) is 4.79 Å². The SMILES string of the molecule is CC(C)(C)C#C[C@@H]1CCCN1C(=O)O. The molecule has 14 heavy (non-hydrogen) atoms. The van der Waals surface area contributed by atoms with E-state index < -0.39 is 6.09 Å². The van der Waals surface area contributed by atoms with Gasteiger partial charge in [-0.3, -0.25) is 4.90 Å². The first kappa shape index (κ1) is 10.9. The second kappa shape index (κ2) is 3.91. The van der Waals surface area contributed by atoms with Crippen LogP contribution in [0.1, 0.15) is 33.6 Å². The fourth-order valence-corrected chi connectivity index (χ4v) is 1.45. The number of carboxylic acid groups (broad SMARTS) is 1. The molecule has 1 fully saturated rings. The lowest BCUT2D eigenvalue weighted by atomic mass is 9.97. The molecule has 0 bridgehead atoms. The lowest BCUT2D eigenvalue weighted by Crippen LogP contribution is -2.33. The highest BCUT2D eigenvalue weighted by Crippen LogP contribution is 2.18. The van der Waals surface area contributed by atoms with Crippen LogP contribution in [0.4, 0.5) is 4.79 Å². The molecular weight excluding hydrogens is 178 g/mol. The van der Waals surface area contributed by atoms with E-state index in [1.165, 1.54) is 4.90 Å². The van der Waals surface area contributed by atoms with Gasteiger partial charge in [0.1, 0.15) is 0 Å². The average Bonchev–Trinajstić information content (AvgIpc) is 2.46. The van der Waals surface area contributed by atoms with Gasteiger partial charge in [-0.1, -0.05) is 11.8 Å². The Bertz CT molecular complexity index is 280. The zero-order valence-electron chi connectivity index (χ0n) is 9.00. The molecule has 0 saturated carbocycles. The molecule has 1 aliphatic rings. The summed E-state index contributed by atoms with van der Waals surface area (Å²) < 4.78 is 0. The van der Waals surface area contributed by atoms with Gasteiger partial charge in [-0.2, -0.15) is 0 Å². The zero-order chi connectivity index (χ0) is 10.8. The van der Waals surface area contributed by atoms with Crippen molar-refractivity contribution >= 4 is 6.09 Å². The molecule has 0 aromatic rings. The molecule has 78 valence electrons. The molecule has 1 atom stereocenters. The molecule has 1 N–H and O–H groups in total. The zero-order valence-corrected chi connectivity index (χ0v) is 9.00. The van der Waals surface area contributed by atoms with Crippen LogP contribution in [0.15, 0.2) is 0 Å². The molecule has 1 amide bonds. The summed E-state index contributed by atoms with van der Waals surface area (Å²) >= 11 is 0. The normalized spacial score (nSPS) is 21.6. The third kappa shape index (κ3) is 2.95. The van der Waals surface area contributed by atoms with Crippen LogP contribution in [0.3, 0.4) is 0 Å². The summed E-state index contributed by atoms with van der Waals surface area (Å²) in [6.45, 7) is 6.71. The Morgan fingerprint density at radius 1 is 1.50 bits per heavy atom. The molecule has 1 rings (SSSR count). The van der Waals surface area contributed by atoms with Gasteiger partial charge in [0.05, 0.1) is 6.04 Å². The maximum Gasteiger partial charge on any atom is 0.408 e. The topological polar surface area (TPSA) is 40.5 Å². The maximum absolute atomic E-state index is 10.8. The quantitative estimate of drug-likeness (QED) is 0.602. The lowest BCUT2D eigenvalue weighted by Gasteiger charge is -2.17. The number of carbonyl (C=O) groups is 1. The van der Waals surface area contributed by atoms with Crippen molar-refractivity contribution in [2.45, 2.75) is 39.7 Å². The second-order valence-corrected chi connectivity index (χ2v) is 4.65. The standard InChI is InChI=1S/C11H17NO2/c1-11(2,3)7-6-9-5-4-8-12(9)10(13)14/h9H,4-5,8H2,1-3H3,(H,13,14)/t9-/m0/s1. The highest BCUT2D eigenvalue weighted by molar-refractivity contribution is 5.66. The fraction of sp³-hybridized carbons (Fsp3) is 0.727. The van der Waals surface area contributed by atoms with E-state index in [2.05, 4.69) is 11.8 Å². The number of hydrogen-bond acceptors (Lipinski definition) is 1. The highest BCUT2D eigenvalue weighted by atomic mass is 16.4. The summed E-state index contributed by atoms with van der Waals surface area (Å²) in [7, 11) is 0. The number of nitrogens with zero attached hydrogens (tertiary/aromatic N) is 1. The van der Waals surface area contributed by atoms with Gasteiger partial charge >= 0.3 is 6.09 Å². The molecule has 0 aliphatic carbocycles. The average molecular weight is 195 g/mol. The minimum absolute atomic E-state index is 0.0488. The van der Waals surface area contributed by atoms with Crippen molar-refractivity contribution in [1.29, 1.82) is 0 Å². The molecule has 0 spiro atoms. The Hall–Kier alpha value is -1.17. The van der Waals surface area contributed by atoms with E-state index in [4.69, 9.17) is 5.11 Å². The molecule has 0 unspecified atom stereocenters. The molecule has 1 saturated heterocycles. The largest absolute Gasteiger partial charge is 0.465 e. The monoisotopic (exact) mass is 195 g/mol. The summed E-state index contributed by atoms with van der Waals surface area (Å²) in [6, 6.07) is -0.0910. The van der Waals surface area contributed by atoms with Crippen LogP contribution in [0.5, 0.6) is 0 Å².